The van der Waals surface area contributed by atoms with Gasteiger partial charge < -0.3 is 26.9 Å². The van der Waals surface area contributed by atoms with E-state index in [1.807, 2.05) is 0 Å². The molecule has 0 bridgehead atoms. The lowest BCUT2D eigenvalue weighted by atomic mass is 9.94. The highest BCUT2D eigenvalue weighted by Gasteiger charge is 2.38. The molecule has 494 valence electrons. The van der Waals surface area contributed by atoms with Crippen LogP contribution in [0.15, 0.2) is 0 Å². The fourth-order valence-corrected chi connectivity index (χ4v) is 14.8. The Morgan fingerprint density at radius 2 is 0.675 bits per heavy atom. The lowest BCUT2D eigenvalue weighted by Gasteiger charge is -2.48. The Morgan fingerprint density at radius 3 is 1.04 bits per heavy atom. The Bertz CT molecular complexity index is 1680. The van der Waals surface area contributed by atoms with Crippen molar-refractivity contribution in [1.29, 1.82) is 0 Å². The number of quaternary nitrogens is 6. The Balaban J connectivity index is 0.000000261. The third-order valence-electron chi connectivity index (χ3n) is 23.9. The maximum atomic E-state index is 2.78. The molecule has 0 spiro atoms. The van der Waals surface area contributed by atoms with Gasteiger partial charge in [-0.15, -0.1) is 0 Å². The molecule has 2 saturated carbocycles. The average molecular weight is 1180 g/mol. The molecule has 0 aromatic carbocycles. The van der Waals surface area contributed by atoms with E-state index in [0.717, 1.165) is 30.1 Å². The summed E-state index contributed by atoms with van der Waals surface area (Å²) in [6.45, 7) is 70.9. The van der Waals surface area contributed by atoms with Gasteiger partial charge in [-0.3, -0.25) is 29.4 Å². The summed E-state index contributed by atoms with van der Waals surface area (Å²) in [5.41, 5.74) is 0.726. The zero-order valence-corrected chi connectivity index (χ0v) is 61.2. The molecule has 2 aliphatic carbocycles. The Hall–Kier alpha value is -0.480. The third kappa shape index (κ3) is 25.7. The summed E-state index contributed by atoms with van der Waals surface area (Å²) in [6.07, 6.45) is 24.0. The second-order valence-corrected chi connectivity index (χ2v) is 32.5. The fourth-order valence-electron chi connectivity index (χ4n) is 14.8. The molecule has 8 atom stereocenters. The molecule has 0 amide bonds. The van der Waals surface area contributed by atoms with E-state index in [1.165, 1.54) is 294 Å². The van der Waals surface area contributed by atoms with Crippen molar-refractivity contribution in [2.24, 2.45) is 5.92 Å². The van der Waals surface area contributed by atoms with Crippen molar-refractivity contribution >= 4 is 0 Å². The zero-order chi connectivity index (χ0) is 62.3. The summed E-state index contributed by atoms with van der Waals surface area (Å²) in [4.78, 5) is 16.1. The van der Waals surface area contributed by atoms with Crippen LogP contribution in [0.25, 0.3) is 0 Å². The van der Waals surface area contributed by atoms with Crippen molar-refractivity contribution in [1.82, 2.24) is 29.4 Å². The largest absolute Gasteiger partial charge is 0.314 e. The SMILES string of the molecule is CCC(C)(C)N1CCC[N@@+](C)(CC)C1.CCC(C)N1CCC[N@@+](C)(CC)C1.CC[N@+]1(C)CCCN(C(C)(C)C)C1.CC[N@+]1(C)CCCN(C(C)C(C)C)C1.CC[N@+]1(C)CCCN(C2CCCC2)C1.CC[N@+]1(C)CCCN(C2CCCCC2)C1. The van der Waals surface area contributed by atoms with Gasteiger partial charge in [0.2, 0.25) is 0 Å². The smallest absolute Gasteiger partial charge is 0.135 e. The third-order valence-corrected chi connectivity index (χ3v) is 23.9. The summed E-state index contributed by atoms with van der Waals surface area (Å²) in [5, 5.41) is 0. The highest BCUT2D eigenvalue weighted by molar-refractivity contribution is 4.81. The van der Waals surface area contributed by atoms with Crippen LogP contribution in [-0.4, -0.2) is 292 Å². The molecule has 8 rings (SSSR count). The number of hydrogen-bond acceptors (Lipinski definition) is 6. The Labute approximate surface area is 522 Å². The Kier molecular flexibility index (Phi) is 33.1. The van der Waals surface area contributed by atoms with Gasteiger partial charge in [-0.1, -0.05) is 59.8 Å². The van der Waals surface area contributed by atoms with E-state index in [1.54, 1.807) is 0 Å². The van der Waals surface area contributed by atoms with Crippen LogP contribution in [0.3, 0.4) is 0 Å². The van der Waals surface area contributed by atoms with Gasteiger partial charge in [-0.25, -0.2) is 0 Å². The lowest BCUT2D eigenvalue weighted by Crippen LogP contribution is -2.61. The second-order valence-electron chi connectivity index (χ2n) is 32.5. The standard InChI is InChI=1S/C13H27N2.C12H25N2.2C12H27N2.2C11H25N2/c1-3-15(2)11-7-10-14(12-15)13-8-5-4-6-9-13;1-3-14(2)10-6-9-13(11-14)12-7-4-5-8-12;1-6-14(5)9-7-8-13(10-14)12(4)11(2)3;1-6-12(3,4)13-9-8-10-14(5,7-2)11-13;1-6-13(5)9-7-8-12(10-13)11(2,3)4;1-5-11(3)12-8-7-9-13(4,6-2)10-12/h13H,3-12H2,1-2H3;12H,3-11H2,1-2H3;11-12H,6-10H2,1-5H3;6-11H2,1-5H3;6-10H2,1-5H3;11H,5-10H2,1-4H3/q6*+1/t15-;14-;12?,14-;14-;13-;11?,13-/m111111/s1. The minimum absolute atomic E-state index is 0.342. The van der Waals surface area contributed by atoms with Crippen LogP contribution in [0.1, 0.15) is 227 Å². The first-order valence-corrected chi connectivity index (χ1v) is 36.3. The molecule has 0 aromatic heterocycles. The van der Waals surface area contributed by atoms with E-state index in [2.05, 4.69) is 189 Å². The molecule has 6 heterocycles. The van der Waals surface area contributed by atoms with E-state index >= 15 is 0 Å². The van der Waals surface area contributed by atoms with E-state index in [9.17, 15) is 0 Å². The minimum Gasteiger partial charge on any atom is -0.314 e. The fraction of sp³-hybridized carbons (Fsp3) is 1.00. The monoisotopic (exact) mass is 1180 g/mol. The number of nitrogens with zero attached hydrogens (tertiary/aromatic N) is 12. The molecule has 8 fully saturated rings. The van der Waals surface area contributed by atoms with Crippen molar-refractivity contribution in [2.45, 2.75) is 262 Å². The summed E-state index contributed by atoms with van der Waals surface area (Å²) >= 11 is 0. The predicted octanol–water partition coefficient (Wildman–Crippen LogP) is 12.8. The molecular formula is C71H156N12+6. The van der Waals surface area contributed by atoms with E-state index in [4.69, 9.17) is 0 Å². The van der Waals surface area contributed by atoms with Crippen LogP contribution >= 0.6 is 0 Å². The zero-order valence-electron chi connectivity index (χ0n) is 61.2. The van der Waals surface area contributed by atoms with Crippen LogP contribution in [-0.2, 0) is 0 Å². The van der Waals surface area contributed by atoms with Gasteiger partial charge in [0.05, 0.1) is 121 Å². The molecule has 8 aliphatic rings. The number of hydrogen-bond donors (Lipinski definition) is 0. The van der Waals surface area contributed by atoms with Crippen LogP contribution in [0.5, 0.6) is 0 Å². The molecular weight excluding hydrogens is 1020 g/mol. The molecule has 0 radical (unpaired) electrons. The maximum absolute atomic E-state index is 2.78. The normalized spacial score (nSPS) is 33.4. The lowest BCUT2D eigenvalue weighted by molar-refractivity contribution is -0.924. The predicted molar refractivity (Wildman–Crippen MR) is 364 cm³/mol. The van der Waals surface area contributed by atoms with Crippen LogP contribution < -0.4 is 0 Å². The molecule has 2 unspecified atom stereocenters. The van der Waals surface area contributed by atoms with Gasteiger partial charge in [-0.05, 0) is 134 Å². The summed E-state index contributed by atoms with van der Waals surface area (Å²) < 4.78 is 7.47. The molecule has 0 N–H and O–H groups in total. The summed E-state index contributed by atoms with van der Waals surface area (Å²) in [6, 6.07) is 3.35. The first-order valence-electron chi connectivity index (χ1n) is 36.3. The Morgan fingerprint density at radius 1 is 0.361 bits per heavy atom. The van der Waals surface area contributed by atoms with Crippen LogP contribution in [0.2, 0.25) is 0 Å². The van der Waals surface area contributed by atoms with Crippen molar-refractivity contribution in [3.63, 3.8) is 0 Å². The summed E-state index contributed by atoms with van der Waals surface area (Å²) in [5.74, 6) is 0.776. The minimum atomic E-state index is 0.342. The van der Waals surface area contributed by atoms with Crippen molar-refractivity contribution in [3.05, 3.63) is 0 Å². The molecule has 6 aliphatic heterocycles. The van der Waals surface area contributed by atoms with E-state index in [0.29, 0.717) is 11.1 Å². The highest BCUT2D eigenvalue weighted by atomic mass is 15.5. The molecule has 6 saturated heterocycles. The maximum Gasteiger partial charge on any atom is 0.135 e. The number of rotatable bonds is 14. The highest BCUT2D eigenvalue weighted by Crippen LogP contribution is 2.29. The first-order chi connectivity index (χ1) is 38.9. The van der Waals surface area contributed by atoms with E-state index in [-0.39, 0.29) is 0 Å². The second kappa shape index (κ2) is 35.8. The molecule has 83 heavy (non-hydrogen) atoms. The van der Waals surface area contributed by atoms with Gasteiger partial charge in [0, 0.05) is 113 Å². The average Bonchev–Trinajstić information content (AvgIpc) is 4.12. The first kappa shape index (κ1) is 76.8. The van der Waals surface area contributed by atoms with Gasteiger partial charge in [0.25, 0.3) is 0 Å². The quantitative estimate of drug-likeness (QED) is 0.160. The molecule has 12 nitrogen and oxygen atoms in total. The van der Waals surface area contributed by atoms with Gasteiger partial charge >= 0.3 is 0 Å². The topological polar surface area (TPSA) is 19.4 Å². The van der Waals surface area contributed by atoms with Gasteiger partial charge in [0.15, 0.2) is 0 Å². The molecule has 12 heteroatoms. The molecule has 0 aromatic rings. The van der Waals surface area contributed by atoms with Crippen molar-refractivity contribution in [2.75, 3.05) is 200 Å². The van der Waals surface area contributed by atoms with Gasteiger partial charge in [-0.2, -0.15) is 0 Å². The van der Waals surface area contributed by atoms with E-state index < -0.39 is 0 Å². The summed E-state index contributed by atoms with van der Waals surface area (Å²) in [7, 11) is 14.4. The van der Waals surface area contributed by atoms with Crippen LogP contribution in [0.4, 0.5) is 0 Å². The van der Waals surface area contributed by atoms with Crippen molar-refractivity contribution in [3.8, 4) is 0 Å². The van der Waals surface area contributed by atoms with Gasteiger partial charge in [0.1, 0.15) is 40.0 Å². The van der Waals surface area contributed by atoms with Crippen LogP contribution in [0, 0.1) is 5.92 Å². The van der Waals surface area contributed by atoms with Crippen molar-refractivity contribution < 1.29 is 26.9 Å².